The third kappa shape index (κ3) is 8.33. The third-order valence-corrected chi connectivity index (χ3v) is 7.51. The number of hydrogen-bond donors (Lipinski definition) is 8. The molecule has 2 saturated heterocycles. The number of rotatable bonds is 6. The first-order valence-electron chi connectivity index (χ1n) is 14.2. The summed E-state index contributed by atoms with van der Waals surface area (Å²) in [5, 5.41) is 22.0. The maximum Gasteiger partial charge on any atom is 0.305 e. The van der Waals surface area contributed by atoms with Crippen LogP contribution in [0.25, 0.3) is 10.9 Å². The molecule has 45 heavy (non-hydrogen) atoms. The fourth-order valence-corrected chi connectivity index (χ4v) is 5.33. The molecule has 0 spiro atoms. The topological polar surface area (TPSA) is 262 Å². The molecule has 0 saturated carbocycles. The Bertz CT molecular complexity index is 1520. The van der Waals surface area contributed by atoms with Gasteiger partial charge in [-0.1, -0.05) is 18.2 Å². The molecule has 2 aliphatic heterocycles. The van der Waals surface area contributed by atoms with Crippen LogP contribution in [-0.4, -0.2) is 106 Å². The van der Waals surface area contributed by atoms with Gasteiger partial charge in [0, 0.05) is 30.1 Å². The Hall–Kier alpha value is -5.48. The zero-order chi connectivity index (χ0) is 32.7. The van der Waals surface area contributed by atoms with Crippen molar-refractivity contribution >= 4 is 58.2 Å². The van der Waals surface area contributed by atoms with E-state index in [1.807, 2.05) is 18.2 Å². The highest BCUT2D eigenvalue weighted by molar-refractivity contribution is 5.99. The highest BCUT2D eigenvalue weighted by Gasteiger charge is 2.37. The lowest BCUT2D eigenvalue weighted by molar-refractivity contribution is -0.142. The number of para-hydroxylation sites is 1. The Balaban J connectivity index is 1.61. The number of aromatic nitrogens is 1. The van der Waals surface area contributed by atoms with Crippen molar-refractivity contribution in [3.63, 3.8) is 0 Å². The first-order valence-corrected chi connectivity index (χ1v) is 14.2. The quantitative estimate of drug-likeness (QED) is 0.160. The van der Waals surface area contributed by atoms with Gasteiger partial charge in [-0.2, -0.15) is 0 Å². The van der Waals surface area contributed by atoms with E-state index in [-0.39, 0.29) is 19.4 Å². The largest absolute Gasteiger partial charge is 0.481 e. The van der Waals surface area contributed by atoms with Crippen LogP contribution in [0.2, 0.25) is 0 Å². The number of aliphatic carboxylic acids is 1. The van der Waals surface area contributed by atoms with Gasteiger partial charge in [0.05, 0.1) is 25.9 Å². The number of fused-ring (bicyclic) bond motifs is 2. The van der Waals surface area contributed by atoms with Gasteiger partial charge < -0.3 is 47.3 Å². The predicted octanol–water partition coefficient (Wildman–Crippen LogP) is -3.25. The van der Waals surface area contributed by atoms with Crippen LogP contribution in [-0.2, 0) is 44.8 Å². The van der Waals surface area contributed by atoms with Gasteiger partial charge >= 0.3 is 5.97 Å². The maximum absolute atomic E-state index is 13.3. The Kier molecular flexibility index (Phi) is 10.3. The number of nitrogens with zero attached hydrogens (tertiary/aromatic N) is 1. The molecule has 4 atom stereocenters. The molecule has 1 aromatic heterocycles. The van der Waals surface area contributed by atoms with Crippen LogP contribution < -0.4 is 32.3 Å². The monoisotopic (exact) mass is 626 g/mol. The number of carbonyl (C=O) groups excluding carboxylic acids is 7. The number of primary amides is 1. The average Bonchev–Trinajstić information content (AvgIpc) is 3.64. The number of hydrogen-bond acceptors (Lipinski definition) is 8. The second-order valence-corrected chi connectivity index (χ2v) is 10.8. The number of benzene rings is 1. The summed E-state index contributed by atoms with van der Waals surface area (Å²) in [6.45, 7) is -1.02. The second kappa shape index (κ2) is 14.3. The Morgan fingerprint density at radius 1 is 0.844 bits per heavy atom. The zero-order valence-electron chi connectivity index (χ0n) is 24.1. The smallest absolute Gasteiger partial charge is 0.305 e. The minimum Gasteiger partial charge on any atom is -0.481 e. The van der Waals surface area contributed by atoms with Gasteiger partial charge in [0.25, 0.3) is 0 Å². The number of amides is 7. The Morgan fingerprint density at radius 2 is 1.51 bits per heavy atom. The Labute approximate surface area is 256 Å². The standard InChI is InChI=1S/C28H34N8O9/c29-21(37)9-18-27(44)34-19(10-24(40)41)26(43)31-12-22(38)33-17(8-14-11-30-16-5-2-1-4-15(14)16)25(42)32-13-23(39)36-7-3-6-20(36)28(45)35-18/h1-2,4-5,11,17-20,30H,3,6-10,12-13H2,(H2,29,37)(H,31,43)(H,32,42)(H,33,38)(H,34,44)(H,35,45)(H,40,41)/t17-,18-,19-,20-/m0/s1. The molecule has 2 aliphatic rings. The predicted molar refractivity (Wildman–Crippen MR) is 155 cm³/mol. The number of aromatic amines is 1. The summed E-state index contributed by atoms with van der Waals surface area (Å²) in [6, 6.07) is 1.76. The minimum atomic E-state index is -1.70. The van der Waals surface area contributed by atoms with Gasteiger partial charge in [-0.05, 0) is 24.5 Å². The highest BCUT2D eigenvalue weighted by atomic mass is 16.4. The molecule has 0 bridgehead atoms. The summed E-state index contributed by atoms with van der Waals surface area (Å²) in [6.07, 6.45) is 0.769. The van der Waals surface area contributed by atoms with Crippen molar-refractivity contribution in [2.24, 2.45) is 5.73 Å². The molecule has 3 heterocycles. The van der Waals surface area contributed by atoms with E-state index in [4.69, 9.17) is 5.73 Å². The summed E-state index contributed by atoms with van der Waals surface area (Å²) in [4.78, 5) is 106. The van der Waals surface area contributed by atoms with E-state index in [2.05, 4.69) is 31.6 Å². The Morgan fingerprint density at radius 3 is 2.24 bits per heavy atom. The van der Waals surface area contributed by atoms with Gasteiger partial charge in [0.2, 0.25) is 41.4 Å². The molecule has 17 nitrogen and oxygen atoms in total. The molecule has 0 unspecified atom stereocenters. The van der Waals surface area contributed by atoms with Crippen LogP contribution in [0.4, 0.5) is 0 Å². The van der Waals surface area contributed by atoms with Crippen LogP contribution in [0.5, 0.6) is 0 Å². The van der Waals surface area contributed by atoms with Gasteiger partial charge in [-0.3, -0.25) is 38.4 Å². The molecule has 2 fully saturated rings. The molecule has 9 N–H and O–H groups in total. The number of carbonyl (C=O) groups is 8. The van der Waals surface area contributed by atoms with E-state index < -0.39 is 97.4 Å². The van der Waals surface area contributed by atoms with Crippen LogP contribution in [0, 0.1) is 0 Å². The molecular weight excluding hydrogens is 592 g/mol. The molecule has 7 amide bonds. The summed E-state index contributed by atoms with van der Waals surface area (Å²) in [5.41, 5.74) is 6.73. The van der Waals surface area contributed by atoms with E-state index in [0.29, 0.717) is 12.0 Å². The zero-order valence-corrected chi connectivity index (χ0v) is 24.1. The number of nitrogens with one attached hydrogen (secondary N) is 6. The molecule has 2 aromatic rings. The lowest BCUT2D eigenvalue weighted by Gasteiger charge is -2.27. The molecule has 1 aromatic carbocycles. The van der Waals surface area contributed by atoms with Crippen LogP contribution >= 0.6 is 0 Å². The lowest BCUT2D eigenvalue weighted by atomic mass is 10.0. The fourth-order valence-electron chi connectivity index (χ4n) is 5.33. The van der Waals surface area contributed by atoms with E-state index in [1.54, 1.807) is 12.3 Å². The van der Waals surface area contributed by atoms with Crippen LogP contribution in [0.15, 0.2) is 30.5 Å². The summed E-state index contributed by atoms with van der Waals surface area (Å²) >= 11 is 0. The normalized spacial score (nSPS) is 24.0. The number of carboxylic acids is 1. The van der Waals surface area contributed by atoms with Crippen molar-refractivity contribution < 1.29 is 43.5 Å². The van der Waals surface area contributed by atoms with E-state index in [0.717, 1.165) is 10.9 Å². The minimum absolute atomic E-state index is 0.0113. The van der Waals surface area contributed by atoms with Crippen molar-refractivity contribution in [2.75, 3.05) is 19.6 Å². The van der Waals surface area contributed by atoms with Crippen LogP contribution in [0.3, 0.4) is 0 Å². The second-order valence-electron chi connectivity index (χ2n) is 10.8. The van der Waals surface area contributed by atoms with E-state index in [9.17, 15) is 43.5 Å². The first-order chi connectivity index (χ1) is 21.4. The molecule has 0 aliphatic carbocycles. The SMILES string of the molecule is NC(=O)C[C@@H]1NC(=O)[C@@H]2CCCN2C(=O)CNC(=O)[C@H](Cc2c[nH]c3ccccc23)NC(=O)CNC(=O)[C@H](CC(=O)O)NC1=O. The van der Waals surface area contributed by atoms with Crippen molar-refractivity contribution in [3.8, 4) is 0 Å². The van der Waals surface area contributed by atoms with Crippen molar-refractivity contribution in [2.45, 2.75) is 56.3 Å². The summed E-state index contributed by atoms with van der Waals surface area (Å²) in [7, 11) is 0. The third-order valence-electron chi connectivity index (χ3n) is 7.51. The molecule has 240 valence electrons. The average molecular weight is 627 g/mol. The van der Waals surface area contributed by atoms with E-state index >= 15 is 0 Å². The molecule has 17 heteroatoms. The highest BCUT2D eigenvalue weighted by Crippen LogP contribution is 2.20. The van der Waals surface area contributed by atoms with Crippen molar-refractivity contribution in [1.29, 1.82) is 0 Å². The maximum atomic E-state index is 13.3. The summed E-state index contributed by atoms with van der Waals surface area (Å²) in [5.74, 6) is -7.44. The van der Waals surface area contributed by atoms with Crippen LogP contribution in [0.1, 0.15) is 31.2 Å². The lowest BCUT2D eigenvalue weighted by Crippen LogP contribution is -2.59. The first kappa shape index (κ1) is 32.4. The number of H-pyrrole nitrogens is 1. The molecular formula is C28H34N8O9. The fraction of sp³-hybridized carbons (Fsp3) is 0.429. The van der Waals surface area contributed by atoms with Gasteiger partial charge in [-0.25, -0.2) is 0 Å². The van der Waals surface area contributed by atoms with Gasteiger partial charge in [0.1, 0.15) is 24.2 Å². The van der Waals surface area contributed by atoms with E-state index in [1.165, 1.54) is 4.90 Å². The summed E-state index contributed by atoms with van der Waals surface area (Å²) < 4.78 is 0. The number of nitrogens with two attached hydrogens (primary N) is 1. The van der Waals surface area contributed by atoms with Gasteiger partial charge in [0.15, 0.2) is 0 Å². The van der Waals surface area contributed by atoms with Gasteiger partial charge in [-0.15, -0.1) is 0 Å². The molecule has 4 rings (SSSR count). The number of carboxylic acid groups (broad SMARTS) is 1. The van der Waals surface area contributed by atoms with Crippen molar-refractivity contribution in [3.05, 3.63) is 36.0 Å². The molecule has 0 radical (unpaired) electrons. The van der Waals surface area contributed by atoms with Crippen molar-refractivity contribution in [1.82, 2.24) is 36.5 Å².